The van der Waals surface area contributed by atoms with Crippen LogP contribution in [-0.4, -0.2) is 28.3 Å². The number of nitrogens with one attached hydrogen (secondary N) is 1. The fourth-order valence-corrected chi connectivity index (χ4v) is 2.43. The summed E-state index contributed by atoms with van der Waals surface area (Å²) in [5, 5.41) is 13.8. The van der Waals surface area contributed by atoms with E-state index in [1.165, 1.54) is 0 Å². The summed E-state index contributed by atoms with van der Waals surface area (Å²) in [6.45, 7) is 6.17. The Hall–Kier alpha value is -1.33. The highest BCUT2D eigenvalue weighted by Crippen LogP contribution is 2.21. The van der Waals surface area contributed by atoms with E-state index in [2.05, 4.69) is 27.4 Å². The SMILES string of the molecule is CCCNCCc1nnc(-c2cccc(C)n2)s1. The summed E-state index contributed by atoms with van der Waals surface area (Å²) < 4.78 is 0. The van der Waals surface area contributed by atoms with Gasteiger partial charge in [-0.15, -0.1) is 10.2 Å². The van der Waals surface area contributed by atoms with Gasteiger partial charge in [-0.05, 0) is 32.0 Å². The first kappa shape index (κ1) is 13.1. The molecule has 0 bridgehead atoms. The summed E-state index contributed by atoms with van der Waals surface area (Å²) in [5.41, 5.74) is 1.93. The second-order valence-corrected chi connectivity index (χ2v) is 5.23. The van der Waals surface area contributed by atoms with Gasteiger partial charge in [0.15, 0.2) is 5.01 Å². The smallest absolute Gasteiger partial charge is 0.166 e. The fourth-order valence-electron chi connectivity index (χ4n) is 1.62. The summed E-state index contributed by atoms with van der Waals surface area (Å²) in [6.07, 6.45) is 2.10. The minimum Gasteiger partial charge on any atom is -0.316 e. The van der Waals surface area contributed by atoms with E-state index >= 15 is 0 Å². The van der Waals surface area contributed by atoms with Crippen LogP contribution in [0.4, 0.5) is 0 Å². The lowest BCUT2D eigenvalue weighted by molar-refractivity contribution is 0.668. The zero-order valence-electron chi connectivity index (χ0n) is 10.8. The standard InChI is InChI=1S/C13H18N4S/c1-3-8-14-9-7-12-16-17-13(18-12)11-6-4-5-10(2)15-11/h4-6,14H,3,7-9H2,1-2H3. The van der Waals surface area contributed by atoms with E-state index in [0.717, 1.165) is 47.3 Å². The lowest BCUT2D eigenvalue weighted by Crippen LogP contribution is -2.17. The normalized spacial score (nSPS) is 10.8. The van der Waals surface area contributed by atoms with E-state index in [4.69, 9.17) is 0 Å². The van der Waals surface area contributed by atoms with Crippen molar-refractivity contribution < 1.29 is 0 Å². The molecule has 2 rings (SSSR count). The van der Waals surface area contributed by atoms with Crippen molar-refractivity contribution in [2.24, 2.45) is 0 Å². The Labute approximate surface area is 111 Å². The van der Waals surface area contributed by atoms with Crippen LogP contribution in [0.25, 0.3) is 10.7 Å². The monoisotopic (exact) mass is 262 g/mol. The van der Waals surface area contributed by atoms with Gasteiger partial charge >= 0.3 is 0 Å². The molecule has 4 nitrogen and oxygen atoms in total. The lowest BCUT2D eigenvalue weighted by atomic mass is 10.3. The third kappa shape index (κ3) is 3.58. The van der Waals surface area contributed by atoms with Crippen LogP contribution in [0.3, 0.4) is 0 Å². The molecular formula is C13H18N4S. The predicted octanol–water partition coefficient (Wildman–Crippen LogP) is 2.45. The van der Waals surface area contributed by atoms with Crippen molar-refractivity contribution in [2.75, 3.05) is 13.1 Å². The first-order valence-corrected chi connectivity index (χ1v) is 7.08. The zero-order chi connectivity index (χ0) is 12.8. The molecule has 0 saturated heterocycles. The van der Waals surface area contributed by atoms with Crippen molar-refractivity contribution >= 4 is 11.3 Å². The van der Waals surface area contributed by atoms with E-state index < -0.39 is 0 Å². The van der Waals surface area contributed by atoms with E-state index in [9.17, 15) is 0 Å². The Morgan fingerprint density at radius 2 is 2.11 bits per heavy atom. The molecule has 0 aliphatic carbocycles. The molecule has 0 unspecified atom stereocenters. The quantitative estimate of drug-likeness (QED) is 0.812. The number of aryl methyl sites for hydroxylation is 1. The van der Waals surface area contributed by atoms with Crippen molar-refractivity contribution in [1.29, 1.82) is 0 Å². The Kier molecular flexibility index (Phi) is 4.78. The van der Waals surface area contributed by atoms with Crippen molar-refractivity contribution in [3.63, 3.8) is 0 Å². The van der Waals surface area contributed by atoms with Crippen LogP contribution in [-0.2, 0) is 6.42 Å². The topological polar surface area (TPSA) is 50.7 Å². The number of aromatic nitrogens is 3. The molecule has 0 radical (unpaired) electrons. The summed E-state index contributed by atoms with van der Waals surface area (Å²) in [5.74, 6) is 0. The molecule has 2 heterocycles. The van der Waals surface area contributed by atoms with Gasteiger partial charge < -0.3 is 5.32 Å². The lowest BCUT2D eigenvalue weighted by Gasteiger charge is -1.98. The Bertz CT molecular complexity index is 495. The molecule has 1 N–H and O–H groups in total. The molecule has 0 aromatic carbocycles. The number of nitrogens with zero attached hydrogens (tertiary/aromatic N) is 3. The van der Waals surface area contributed by atoms with Crippen molar-refractivity contribution in [3.8, 4) is 10.7 Å². The summed E-state index contributed by atoms with van der Waals surface area (Å²) in [7, 11) is 0. The third-order valence-electron chi connectivity index (χ3n) is 2.52. The molecule has 0 spiro atoms. The van der Waals surface area contributed by atoms with Crippen LogP contribution in [0, 0.1) is 6.92 Å². The summed E-state index contributed by atoms with van der Waals surface area (Å²) in [6, 6.07) is 5.97. The highest BCUT2D eigenvalue weighted by Gasteiger charge is 2.07. The average molecular weight is 262 g/mol. The van der Waals surface area contributed by atoms with Gasteiger partial charge in [0.05, 0.1) is 0 Å². The van der Waals surface area contributed by atoms with Gasteiger partial charge in [0.2, 0.25) is 0 Å². The highest BCUT2D eigenvalue weighted by molar-refractivity contribution is 7.14. The number of hydrogen-bond acceptors (Lipinski definition) is 5. The van der Waals surface area contributed by atoms with Gasteiger partial charge in [-0.3, -0.25) is 4.98 Å². The molecule has 0 aliphatic heterocycles. The zero-order valence-corrected chi connectivity index (χ0v) is 11.6. The number of hydrogen-bond donors (Lipinski definition) is 1. The van der Waals surface area contributed by atoms with Crippen LogP contribution in [0.1, 0.15) is 24.0 Å². The molecule has 5 heteroatoms. The van der Waals surface area contributed by atoms with Gasteiger partial charge in [0.1, 0.15) is 10.7 Å². The predicted molar refractivity (Wildman–Crippen MR) is 74.7 cm³/mol. The molecule has 2 aromatic heterocycles. The second-order valence-electron chi connectivity index (χ2n) is 4.17. The first-order valence-electron chi connectivity index (χ1n) is 6.26. The van der Waals surface area contributed by atoms with Crippen molar-refractivity contribution in [3.05, 3.63) is 28.9 Å². The number of rotatable bonds is 6. The van der Waals surface area contributed by atoms with Crippen LogP contribution in [0.5, 0.6) is 0 Å². The van der Waals surface area contributed by atoms with E-state index in [-0.39, 0.29) is 0 Å². The third-order valence-corrected chi connectivity index (χ3v) is 3.52. The van der Waals surface area contributed by atoms with Crippen molar-refractivity contribution in [2.45, 2.75) is 26.7 Å². The van der Waals surface area contributed by atoms with Crippen LogP contribution in [0.15, 0.2) is 18.2 Å². The van der Waals surface area contributed by atoms with Gasteiger partial charge in [-0.25, -0.2) is 0 Å². The molecular weight excluding hydrogens is 244 g/mol. The molecule has 0 aliphatic rings. The molecule has 0 fully saturated rings. The van der Waals surface area contributed by atoms with Crippen LogP contribution < -0.4 is 5.32 Å². The minimum atomic E-state index is 0.907. The molecule has 96 valence electrons. The maximum Gasteiger partial charge on any atom is 0.166 e. The number of pyridine rings is 1. The maximum absolute atomic E-state index is 4.46. The van der Waals surface area contributed by atoms with Gasteiger partial charge in [-0.2, -0.15) is 0 Å². The Balaban J connectivity index is 1.97. The average Bonchev–Trinajstić information content (AvgIpc) is 2.83. The largest absolute Gasteiger partial charge is 0.316 e. The summed E-state index contributed by atoms with van der Waals surface area (Å²) in [4.78, 5) is 4.46. The maximum atomic E-state index is 4.46. The first-order chi connectivity index (χ1) is 8.79. The molecule has 0 amide bonds. The van der Waals surface area contributed by atoms with Crippen molar-refractivity contribution in [1.82, 2.24) is 20.5 Å². The van der Waals surface area contributed by atoms with E-state index in [0.29, 0.717) is 0 Å². The second kappa shape index (κ2) is 6.56. The molecule has 18 heavy (non-hydrogen) atoms. The summed E-state index contributed by atoms with van der Waals surface area (Å²) >= 11 is 1.63. The van der Waals surface area contributed by atoms with Crippen LogP contribution >= 0.6 is 11.3 Å². The Morgan fingerprint density at radius 3 is 2.89 bits per heavy atom. The van der Waals surface area contributed by atoms with Gasteiger partial charge in [-0.1, -0.05) is 24.3 Å². The Morgan fingerprint density at radius 1 is 1.22 bits per heavy atom. The highest BCUT2D eigenvalue weighted by atomic mass is 32.1. The van der Waals surface area contributed by atoms with Gasteiger partial charge in [0.25, 0.3) is 0 Å². The fraction of sp³-hybridized carbons (Fsp3) is 0.462. The van der Waals surface area contributed by atoms with E-state index in [1.807, 2.05) is 25.1 Å². The molecule has 2 aromatic rings. The van der Waals surface area contributed by atoms with Gasteiger partial charge in [0, 0.05) is 18.7 Å². The van der Waals surface area contributed by atoms with Crippen LogP contribution in [0.2, 0.25) is 0 Å². The molecule has 0 atom stereocenters. The van der Waals surface area contributed by atoms with E-state index in [1.54, 1.807) is 11.3 Å². The molecule has 0 saturated carbocycles. The minimum absolute atomic E-state index is 0.907.